The van der Waals surface area contributed by atoms with Crippen LogP contribution in [0.25, 0.3) is 0 Å². The molecule has 0 aromatic rings. The number of unbranched alkanes of at least 4 members (excludes halogenated alkanes) is 23. The molecular weight excluding hydrogens is 727 g/mol. The van der Waals surface area contributed by atoms with Crippen LogP contribution in [0.1, 0.15) is 200 Å². The molecular formula is C50H89NO7. The first-order valence-electron chi connectivity index (χ1n) is 23.7. The minimum atomic E-state index is -1.13. The Morgan fingerprint density at radius 3 is 1.38 bits per heavy atom. The molecule has 0 aliphatic heterocycles. The maximum atomic E-state index is 12.7. The normalized spacial score (nSPS) is 13.3. The summed E-state index contributed by atoms with van der Waals surface area (Å²) in [5.41, 5.74) is 0. The van der Waals surface area contributed by atoms with Crippen LogP contribution < -0.4 is 5.11 Å². The third-order valence-corrected chi connectivity index (χ3v) is 10.6. The number of carboxylic acids is 1. The number of nitrogens with zero attached hydrogens (tertiary/aromatic N) is 1. The van der Waals surface area contributed by atoms with Gasteiger partial charge in [0, 0.05) is 19.3 Å². The van der Waals surface area contributed by atoms with E-state index in [1.165, 1.54) is 103 Å². The minimum absolute atomic E-state index is 0.0319. The summed E-state index contributed by atoms with van der Waals surface area (Å²) in [7, 11) is 5.40. The highest BCUT2D eigenvalue weighted by atomic mass is 16.6. The van der Waals surface area contributed by atoms with Gasteiger partial charge < -0.3 is 28.6 Å². The number of quaternary nitrogens is 1. The largest absolute Gasteiger partial charge is 0.544 e. The van der Waals surface area contributed by atoms with E-state index in [2.05, 4.69) is 56.4 Å². The van der Waals surface area contributed by atoms with E-state index in [0.29, 0.717) is 12.8 Å². The minimum Gasteiger partial charge on any atom is -0.544 e. The number of likely N-dealkylation sites (N-methyl/N-ethyl adjacent to an activating group) is 1. The summed E-state index contributed by atoms with van der Waals surface area (Å²) in [4.78, 5) is 36.9. The van der Waals surface area contributed by atoms with Crippen LogP contribution in [-0.2, 0) is 28.6 Å². The zero-order valence-corrected chi connectivity index (χ0v) is 38.2. The van der Waals surface area contributed by atoms with Crippen molar-refractivity contribution >= 4 is 17.9 Å². The molecule has 0 rings (SSSR count). The first kappa shape index (κ1) is 55.3. The van der Waals surface area contributed by atoms with E-state index in [9.17, 15) is 19.5 Å². The molecule has 0 saturated heterocycles. The van der Waals surface area contributed by atoms with Crippen LogP contribution >= 0.6 is 0 Å². The molecule has 0 spiro atoms. The second-order valence-corrected chi connectivity index (χ2v) is 17.1. The molecule has 0 bridgehead atoms. The van der Waals surface area contributed by atoms with Crippen LogP contribution in [-0.4, -0.2) is 75.5 Å². The molecule has 0 aliphatic rings. The Balaban J connectivity index is 4.35. The van der Waals surface area contributed by atoms with E-state index in [1.54, 1.807) is 21.1 Å². The topological polar surface area (TPSA) is 102 Å². The van der Waals surface area contributed by atoms with Crippen molar-refractivity contribution in [2.45, 2.75) is 212 Å². The van der Waals surface area contributed by atoms with Gasteiger partial charge in [0.25, 0.3) is 0 Å². The standard InChI is InChI=1S/C50H89NO7/c1-6-8-10-12-14-16-18-20-22-24-25-27-29-31-33-35-37-39-41-49(53)58-46(44-56-43-42-47(50(54)55)51(3,4)5)45-57-48(52)40-38-36-34-32-30-28-26-23-21-19-17-15-13-11-9-7-2/h14,16,18,20,22,24-25,27,46-47H,6-13,15,17,19,21,23,26,28-45H2,1-5H3/b16-14+,20-18+,24-22+,27-25+. The molecule has 8 heteroatoms. The summed E-state index contributed by atoms with van der Waals surface area (Å²) >= 11 is 0. The fourth-order valence-corrected chi connectivity index (χ4v) is 6.85. The molecule has 0 heterocycles. The fraction of sp³-hybridized carbons (Fsp3) is 0.780. The van der Waals surface area contributed by atoms with E-state index in [-0.39, 0.29) is 42.7 Å². The highest BCUT2D eigenvalue weighted by Gasteiger charge is 2.25. The average molecular weight is 816 g/mol. The number of carbonyl (C=O) groups is 3. The van der Waals surface area contributed by atoms with E-state index in [1.807, 2.05) is 6.08 Å². The molecule has 0 aromatic heterocycles. The predicted molar refractivity (Wildman–Crippen MR) is 240 cm³/mol. The number of carboxylic acid groups (broad SMARTS) is 1. The molecule has 0 N–H and O–H groups in total. The van der Waals surface area contributed by atoms with Gasteiger partial charge in [0.15, 0.2) is 6.10 Å². The van der Waals surface area contributed by atoms with Gasteiger partial charge in [0.05, 0.1) is 40.3 Å². The summed E-state index contributed by atoms with van der Waals surface area (Å²) in [5, 5.41) is 11.6. The summed E-state index contributed by atoms with van der Waals surface area (Å²) in [6.45, 7) is 4.61. The molecule has 0 aliphatic carbocycles. The van der Waals surface area contributed by atoms with Crippen LogP contribution in [0.4, 0.5) is 0 Å². The van der Waals surface area contributed by atoms with Crippen LogP contribution in [0.3, 0.4) is 0 Å². The number of hydrogen-bond acceptors (Lipinski definition) is 7. The quantitative estimate of drug-likeness (QED) is 0.0262. The van der Waals surface area contributed by atoms with Crippen molar-refractivity contribution in [3.63, 3.8) is 0 Å². The van der Waals surface area contributed by atoms with Crippen molar-refractivity contribution in [2.24, 2.45) is 0 Å². The molecule has 2 atom stereocenters. The Morgan fingerprint density at radius 2 is 0.914 bits per heavy atom. The van der Waals surface area contributed by atoms with Crippen LogP contribution in [0, 0.1) is 0 Å². The Morgan fingerprint density at radius 1 is 0.517 bits per heavy atom. The van der Waals surface area contributed by atoms with Gasteiger partial charge in [-0.3, -0.25) is 9.59 Å². The molecule has 336 valence electrons. The lowest BCUT2D eigenvalue weighted by Gasteiger charge is -2.34. The Kier molecular flexibility index (Phi) is 39.1. The Bertz CT molecular complexity index is 1090. The number of esters is 2. The van der Waals surface area contributed by atoms with Gasteiger partial charge in [-0.1, -0.05) is 191 Å². The summed E-state index contributed by atoms with van der Waals surface area (Å²) in [6, 6.07) is -0.730. The summed E-state index contributed by atoms with van der Waals surface area (Å²) < 4.78 is 17.2. The fourth-order valence-electron chi connectivity index (χ4n) is 6.85. The van der Waals surface area contributed by atoms with Crippen molar-refractivity contribution in [2.75, 3.05) is 41.0 Å². The Labute approximate surface area is 356 Å². The molecule has 0 fully saturated rings. The third-order valence-electron chi connectivity index (χ3n) is 10.6. The van der Waals surface area contributed by atoms with Gasteiger partial charge in [-0.05, 0) is 38.5 Å². The van der Waals surface area contributed by atoms with Crippen LogP contribution in [0.5, 0.6) is 0 Å². The second-order valence-electron chi connectivity index (χ2n) is 17.1. The second kappa shape index (κ2) is 41.0. The average Bonchev–Trinajstić information content (AvgIpc) is 3.18. The van der Waals surface area contributed by atoms with Gasteiger partial charge >= 0.3 is 11.9 Å². The molecule has 0 radical (unpaired) electrons. The van der Waals surface area contributed by atoms with Gasteiger partial charge in [0.1, 0.15) is 12.6 Å². The lowest BCUT2D eigenvalue weighted by Crippen LogP contribution is -2.55. The predicted octanol–water partition coefficient (Wildman–Crippen LogP) is 11.9. The zero-order valence-electron chi connectivity index (χ0n) is 38.2. The monoisotopic (exact) mass is 816 g/mol. The van der Waals surface area contributed by atoms with Crippen molar-refractivity contribution in [3.05, 3.63) is 48.6 Å². The van der Waals surface area contributed by atoms with Gasteiger partial charge in [0.2, 0.25) is 0 Å². The van der Waals surface area contributed by atoms with E-state index in [4.69, 9.17) is 14.2 Å². The van der Waals surface area contributed by atoms with Crippen LogP contribution in [0.15, 0.2) is 48.6 Å². The molecule has 0 saturated carbocycles. The molecule has 8 nitrogen and oxygen atoms in total. The summed E-state index contributed by atoms with van der Waals surface area (Å²) in [5.74, 6) is -1.76. The lowest BCUT2D eigenvalue weighted by atomic mass is 10.0. The first-order chi connectivity index (χ1) is 28.1. The SMILES string of the molecule is CCCCC/C=C/C=C/C=C/C=C/CCCCCCCC(=O)OC(COCCC(C(=O)[O-])[N+](C)(C)C)COC(=O)CCCCCCCCCCCCCCCCCC. The number of aliphatic carboxylic acids is 1. The number of hydrogen-bond donors (Lipinski definition) is 0. The van der Waals surface area contributed by atoms with Crippen molar-refractivity contribution < 1.29 is 38.2 Å². The molecule has 58 heavy (non-hydrogen) atoms. The maximum Gasteiger partial charge on any atom is 0.306 e. The Hall–Kier alpha value is -2.71. The van der Waals surface area contributed by atoms with Gasteiger partial charge in [-0.15, -0.1) is 0 Å². The van der Waals surface area contributed by atoms with Crippen molar-refractivity contribution in [1.29, 1.82) is 0 Å². The highest BCUT2D eigenvalue weighted by molar-refractivity contribution is 5.70. The first-order valence-corrected chi connectivity index (χ1v) is 23.7. The maximum absolute atomic E-state index is 12.7. The number of ether oxygens (including phenoxy) is 3. The van der Waals surface area contributed by atoms with E-state index in [0.717, 1.165) is 64.2 Å². The third kappa shape index (κ3) is 38.8. The van der Waals surface area contributed by atoms with Crippen LogP contribution in [0.2, 0.25) is 0 Å². The van der Waals surface area contributed by atoms with Crippen molar-refractivity contribution in [1.82, 2.24) is 0 Å². The highest BCUT2D eigenvalue weighted by Crippen LogP contribution is 2.15. The smallest absolute Gasteiger partial charge is 0.306 e. The van der Waals surface area contributed by atoms with Gasteiger partial charge in [-0.25, -0.2) is 0 Å². The molecule has 0 aromatic carbocycles. The number of allylic oxidation sites excluding steroid dienone is 8. The number of rotatable bonds is 42. The van der Waals surface area contributed by atoms with Gasteiger partial charge in [-0.2, -0.15) is 0 Å². The van der Waals surface area contributed by atoms with E-state index >= 15 is 0 Å². The van der Waals surface area contributed by atoms with Crippen molar-refractivity contribution in [3.8, 4) is 0 Å². The lowest BCUT2D eigenvalue weighted by molar-refractivity contribution is -0.889. The molecule has 0 amide bonds. The number of carbonyl (C=O) groups excluding carboxylic acids is 3. The van der Waals surface area contributed by atoms with E-state index < -0.39 is 18.1 Å². The summed E-state index contributed by atoms with van der Waals surface area (Å²) in [6.07, 6.45) is 48.4. The zero-order chi connectivity index (χ0) is 42.8. The molecule has 2 unspecified atom stereocenters.